The van der Waals surface area contributed by atoms with Gasteiger partial charge in [0.05, 0.1) is 15.7 Å². The molecular formula is C19H18Cl2N2O3. The van der Waals surface area contributed by atoms with Crippen LogP contribution in [0.3, 0.4) is 0 Å². The third kappa shape index (κ3) is 5.07. The highest BCUT2D eigenvalue weighted by atomic mass is 35.5. The number of amides is 2. The largest absolute Gasteiger partial charge is 0.326 e. The molecule has 0 radical (unpaired) electrons. The van der Waals surface area contributed by atoms with Crippen LogP contribution < -0.4 is 10.2 Å². The Balaban J connectivity index is 2.06. The fraction of sp³-hybridized carbons (Fsp3) is 0.211. The molecule has 7 heteroatoms. The topological polar surface area (TPSA) is 66.5 Å². The Morgan fingerprint density at radius 2 is 1.73 bits per heavy atom. The number of carbonyl (C=O) groups excluding carboxylic acids is 3. The van der Waals surface area contributed by atoms with Gasteiger partial charge in [0.2, 0.25) is 11.8 Å². The van der Waals surface area contributed by atoms with Gasteiger partial charge in [0.25, 0.3) is 0 Å². The molecule has 0 fully saturated rings. The summed E-state index contributed by atoms with van der Waals surface area (Å²) < 4.78 is 0. The number of rotatable bonds is 6. The molecule has 2 rings (SSSR count). The van der Waals surface area contributed by atoms with Crippen LogP contribution in [0, 0.1) is 0 Å². The SMILES string of the molecule is CC(=O)c1cccc(NC(=O)CCN(C(C)=O)c2cccc(Cl)c2Cl)c1. The second-order valence-corrected chi connectivity index (χ2v) is 6.46. The summed E-state index contributed by atoms with van der Waals surface area (Å²) in [4.78, 5) is 37.0. The molecule has 1 N–H and O–H groups in total. The van der Waals surface area contributed by atoms with Gasteiger partial charge < -0.3 is 10.2 Å². The summed E-state index contributed by atoms with van der Waals surface area (Å²) in [7, 11) is 0. The van der Waals surface area contributed by atoms with Crippen molar-refractivity contribution in [1.29, 1.82) is 0 Å². The maximum absolute atomic E-state index is 12.2. The zero-order valence-corrected chi connectivity index (χ0v) is 15.9. The van der Waals surface area contributed by atoms with Crippen LogP contribution >= 0.6 is 23.2 Å². The smallest absolute Gasteiger partial charge is 0.226 e. The first-order valence-corrected chi connectivity index (χ1v) is 8.68. The van der Waals surface area contributed by atoms with Crippen molar-refractivity contribution in [3.63, 3.8) is 0 Å². The summed E-state index contributed by atoms with van der Waals surface area (Å²) in [6.07, 6.45) is 0.0622. The van der Waals surface area contributed by atoms with Gasteiger partial charge in [-0.3, -0.25) is 14.4 Å². The van der Waals surface area contributed by atoms with Gasteiger partial charge in [0.1, 0.15) is 0 Å². The van der Waals surface area contributed by atoms with Crippen LogP contribution in [0.15, 0.2) is 42.5 Å². The monoisotopic (exact) mass is 392 g/mol. The molecular weight excluding hydrogens is 375 g/mol. The Bertz CT molecular complexity index is 852. The summed E-state index contributed by atoms with van der Waals surface area (Å²) >= 11 is 12.2. The molecule has 2 aromatic carbocycles. The Morgan fingerprint density at radius 3 is 2.38 bits per heavy atom. The molecule has 2 aromatic rings. The summed E-state index contributed by atoms with van der Waals surface area (Å²) in [5.41, 5.74) is 1.50. The zero-order chi connectivity index (χ0) is 19.3. The fourth-order valence-electron chi connectivity index (χ4n) is 2.40. The normalized spacial score (nSPS) is 10.3. The highest BCUT2D eigenvalue weighted by molar-refractivity contribution is 6.44. The van der Waals surface area contributed by atoms with E-state index in [0.717, 1.165) is 0 Å². The highest BCUT2D eigenvalue weighted by Gasteiger charge is 2.17. The number of anilines is 2. The molecule has 0 unspecified atom stereocenters. The number of carbonyl (C=O) groups is 3. The van der Waals surface area contributed by atoms with Gasteiger partial charge in [0, 0.05) is 31.1 Å². The number of benzene rings is 2. The second-order valence-electron chi connectivity index (χ2n) is 5.68. The van der Waals surface area contributed by atoms with Crippen molar-refractivity contribution >= 4 is 52.2 Å². The van der Waals surface area contributed by atoms with Crippen LogP contribution in [-0.4, -0.2) is 24.1 Å². The number of ketones is 1. The average Bonchev–Trinajstić information content (AvgIpc) is 2.58. The Hall–Kier alpha value is -2.37. The minimum Gasteiger partial charge on any atom is -0.326 e. The highest BCUT2D eigenvalue weighted by Crippen LogP contribution is 2.32. The molecule has 2 amide bonds. The Morgan fingerprint density at radius 1 is 1.04 bits per heavy atom. The summed E-state index contributed by atoms with van der Waals surface area (Å²) in [5.74, 6) is -0.616. The van der Waals surface area contributed by atoms with E-state index < -0.39 is 0 Å². The van der Waals surface area contributed by atoms with Gasteiger partial charge in [-0.25, -0.2) is 0 Å². The minimum absolute atomic E-state index is 0.0622. The van der Waals surface area contributed by atoms with Crippen LogP contribution in [0.5, 0.6) is 0 Å². The zero-order valence-electron chi connectivity index (χ0n) is 14.4. The quantitative estimate of drug-likeness (QED) is 0.731. The molecule has 0 saturated heterocycles. The molecule has 0 heterocycles. The molecule has 0 aliphatic heterocycles. The average molecular weight is 393 g/mol. The van der Waals surface area contributed by atoms with E-state index in [4.69, 9.17) is 23.2 Å². The molecule has 0 spiro atoms. The number of hydrogen-bond acceptors (Lipinski definition) is 3. The van der Waals surface area contributed by atoms with Crippen molar-refractivity contribution in [2.75, 3.05) is 16.8 Å². The Labute approximate surface area is 161 Å². The summed E-state index contributed by atoms with van der Waals surface area (Å²) in [6, 6.07) is 11.7. The van der Waals surface area contributed by atoms with E-state index in [1.165, 1.54) is 18.7 Å². The molecule has 0 bridgehead atoms. The second kappa shape index (κ2) is 8.83. The third-order valence-corrected chi connectivity index (χ3v) is 4.53. The number of Topliss-reactive ketones (excluding diaryl/α,β-unsaturated/α-hetero) is 1. The number of nitrogens with zero attached hydrogens (tertiary/aromatic N) is 1. The van der Waals surface area contributed by atoms with Crippen molar-refractivity contribution in [3.05, 3.63) is 58.1 Å². The Kier molecular flexibility index (Phi) is 6.77. The van der Waals surface area contributed by atoms with Crippen LogP contribution in [-0.2, 0) is 9.59 Å². The van der Waals surface area contributed by atoms with Gasteiger partial charge in [-0.2, -0.15) is 0 Å². The van der Waals surface area contributed by atoms with E-state index in [0.29, 0.717) is 22.0 Å². The van der Waals surface area contributed by atoms with Gasteiger partial charge in [-0.05, 0) is 31.2 Å². The van der Waals surface area contributed by atoms with Crippen molar-refractivity contribution in [2.45, 2.75) is 20.3 Å². The maximum Gasteiger partial charge on any atom is 0.226 e. The third-order valence-electron chi connectivity index (χ3n) is 3.72. The van der Waals surface area contributed by atoms with E-state index in [2.05, 4.69) is 5.32 Å². The number of hydrogen-bond donors (Lipinski definition) is 1. The number of halogens is 2. The molecule has 5 nitrogen and oxygen atoms in total. The standard InChI is InChI=1S/C19H18Cl2N2O3/c1-12(24)14-5-3-6-15(11-14)22-18(26)9-10-23(13(2)25)17-8-4-7-16(20)19(17)21/h3-8,11H,9-10H2,1-2H3,(H,22,26). The van der Waals surface area contributed by atoms with Gasteiger partial charge >= 0.3 is 0 Å². The molecule has 0 aromatic heterocycles. The lowest BCUT2D eigenvalue weighted by Gasteiger charge is -2.22. The van der Waals surface area contributed by atoms with Crippen LogP contribution in [0.1, 0.15) is 30.6 Å². The van der Waals surface area contributed by atoms with E-state index in [1.807, 2.05) is 0 Å². The van der Waals surface area contributed by atoms with Crippen molar-refractivity contribution < 1.29 is 14.4 Å². The van der Waals surface area contributed by atoms with Crippen molar-refractivity contribution in [3.8, 4) is 0 Å². The lowest BCUT2D eigenvalue weighted by molar-refractivity contribution is -0.117. The summed E-state index contributed by atoms with van der Waals surface area (Å²) in [6.45, 7) is 3.00. The first kappa shape index (κ1) is 19.9. The minimum atomic E-state index is -0.282. The lowest BCUT2D eigenvalue weighted by atomic mass is 10.1. The maximum atomic E-state index is 12.2. The summed E-state index contributed by atoms with van der Waals surface area (Å²) in [5, 5.41) is 3.32. The molecule has 136 valence electrons. The van der Waals surface area contributed by atoms with Crippen LogP contribution in [0.2, 0.25) is 10.0 Å². The van der Waals surface area contributed by atoms with E-state index in [-0.39, 0.29) is 35.6 Å². The lowest BCUT2D eigenvalue weighted by Crippen LogP contribution is -2.32. The van der Waals surface area contributed by atoms with E-state index in [9.17, 15) is 14.4 Å². The van der Waals surface area contributed by atoms with E-state index >= 15 is 0 Å². The molecule has 0 atom stereocenters. The van der Waals surface area contributed by atoms with Crippen molar-refractivity contribution in [2.24, 2.45) is 0 Å². The molecule has 0 aliphatic rings. The fourth-order valence-corrected chi connectivity index (χ4v) is 2.80. The molecule has 0 saturated carbocycles. The molecule has 26 heavy (non-hydrogen) atoms. The molecule has 0 aliphatic carbocycles. The van der Waals surface area contributed by atoms with Crippen molar-refractivity contribution in [1.82, 2.24) is 0 Å². The van der Waals surface area contributed by atoms with Crippen LogP contribution in [0.4, 0.5) is 11.4 Å². The number of nitrogens with one attached hydrogen (secondary N) is 1. The predicted molar refractivity (Wildman–Crippen MR) is 104 cm³/mol. The van der Waals surface area contributed by atoms with Crippen LogP contribution in [0.25, 0.3) is 0 Å². The van der Waals surface area contributed by atoms with E-state index in [1.54, 1.807) is 42.5 Å². The predicted octanol–water partition coefficient (Wildman–Crippen LogP) is 4.58. The first-order valence-electron chi connectivity index (χ1n) is 7.92. The first-order chi connectivity index (χ1) is 12.3. The van der Waals surface area contributed by atoms with Gasteiger partial charge in [-0.15, -0.1) is 0 Å². The van der Waals surface area contributed by atoms with Gasteiger partial charge in [-0.1, -0.05) is 41.4 Å². The van der Waals surface area contributed by atoms with Gasteiger partial charge in [0.15, 0.2) is 5.78 Å².